The topological polar surface area (TPSA) is 59.4 Å². The molecule has 1 heterocycles. The average molecular weight is 370 g/mol. The molecule has 1 atom stereocenters. The molecule has 9 heteroatoms. The number of amides is 1. The molecule has 0 fully saturated rings. The zero-order valence-electron chi connectivity index (χ0n) is 13.6. The van der Waals surface area contributed by atoms with E-state index < -0.39 is 17.8 Å². The van der Waals surface area contributed by atoms with Crippen molar-refractivity contribution in [2.75, 3.05) is 0 Å². The Morgan fingerprint density at radius 3 is 2.68 bits per heavy atom. The van der Waals surface area contributed by atoms with E-state index in [1.165, 1.54) is 15.5 Å². The standard InChI is InChI=1S/C16H17F3N4OS/c1-3-14(24)21-15-13(8-20)10(2)23(25)22(15)9-11-5-4-6-12(7-11)16(17,18)19/h4-7,10,25H,3,9H2,1-2H3,(H,21,24). The number of alkyl halides is 3. The predicted octanol–water partition coefficient (Wildman–Crippen LogP) is 3.23. The molecule has 134 valence electrons. The minimum absolute atomic E-state index is 0.0300. The van der Waals surface area contributed by atoms with Crippen LogP contribution in [0.25, 0.3) is 0 Å². The van der Waals surface area contributed by atoms with Gasteiger partial charge in [0.15, 0.2) is 0 Å². The maximum atomic E-state index is 12.9. The lowest BCUT2D eigenvalue weighted by Crippen LogP contribution is -2.38. The predicted molar refractivity (Wildman–Crippen MR) is 88.3 cm³/mol. The minimum atomic E-state index is -4.44. The molecule has 1 unspecified atom stereocenters. The molecule has 0 spiro atoms. The van der Waals surface area contributed by atoms with Crippen molar-refractivity contribution >= 4 is 18.7 Å². The third-order valence-electron chi connectivity index (χ3n) is 3.81. The van der Waals surface area contributed by atoms with Gasteiger partial charge in [0, 0.05) is 6.42 Å². The summed E-state index contributed by atoms with van der Waals surface area (Å²) in [6.45, 7) is 3.41. The van der Waals surface area contributed by atoms with Gasteiger partial charge in [-0.25, -0.2) is 0 Å². The van der Waals surface area contributed by atoms with Crippen LogP contribution in [-0.4, -0.2) is 21.4 Å². The molecule has 1 aromatic rings. The molecule has 5 nitrogen and oxygen atoms in total. The Labute approximate surface area is 149 Å². The number of nitrogens with one attached hydrogen (secondary N) is 1. The van der Waals surface area contributed by atoms with Crippen molar-refractivity contribution in [2.45, 2.75) is 39.0 Å². The number of nitriles is 1. The van der Waals surface area contributed by atoms with Crippen LogP contribution < -0.4 is 5.32 Å². The van der Waals surface area contributed by atoms with E-state index in [1.807, 2.05) is 6.07 Å². The highest BCUT2D eigenvalue weighted by Crippen LogP contribution is 2.33. The van der Waals surface area contributed by atoms with Crippen LogP contribution in [0.3, 0.4) is 0 Å². The molecule has 25 heavy (non-hydrogen) atoms. The summed E-state index contributed by atoms with van der Waals surface area (Å²) in [5.74, 6) is -0.0538. The Kier molecular flexibility index (Phi) is 5.65. The third kappa shape index (κ3) is 4.08. The summed E-state index contributed by atoms with van der Waals surface area (Å²) in [4.78, 5) is 11.8. The number of hydrogen-bond donors (Lipinski definition) is 2. The van der Waals surface area contributed by atoms with E-state index in [2.05, 4.69) is 18.1 Å². The fourth-order valence-corrected chi connectivity index (χ4v) is 2.70. The maximum Gasteiger partial charge on any atom is 0.416 e. The van der Waals surface area contributed by atoms with Crippen LogP contribution in [0.15, 0.2) is 35.7 Å². The largest absolute Gasteiger partial charge is 0.416 e. The molecular formula is C16H17F3N4OS. The second-order valence-electron chi connectivity index (χ2n) is 5.53. The van der Waals surface area contributed by atoms with Gasteiger partial charge in [-0.05, 0) is 24.6 Å². The molecule has 1 N–H and O–H groups in total. The SMILES string of the molecule is CCC(=O)NC1=C(C#N)C(C)N(S)N1Cc1cccc(C(F)(F)F)c1. The molecule has 0 bridgehead atoms. The Hall–Kier alpha value is -2.18. The van der Waals surface area contributed by atoms with Crippen LogP contribution in [0.2, 0.25) is 0 Å². The van der Waals surface area contributed by atoms with Crippen LogP contribution in [0, 0.1) is 11.3 Å². The third-order valence-corrected chi connectivity index (χ3v) is 4.37. The lowest BCUT2D eigenvalue weighted by Gasteiger charge is -2.30. The molecule has 1 aliphatic rings. The summed E-state index contributed by atoms with van der Waals surface area (Å²) >= 11 is 4.31. The van der Waals surface area contributed by atoms with E-state index in [0.29, 0.717) is 11.1 Å². The zero-order valence-corrected chi connectivity index (χ0v) is 14.5. The van der Waals surface area contributed by atoms with E-state index in [0.717, 1.165) is 12.1 Å². The van der Waals surface area contributed by atoms with Crippen LogP contribution in [0.5, 0.6) is 0 Å². The number of hydrogen-bond acceptors (Lipinski definition) is 5. The molecule has 0 aliphatic carbocycles. The summed E-state index contributed by atoms with van der Waals surface area (Å²) < 4.78 is 40.1. The highest BCUT2D eigenvalue weighted by molar-refractivity contribution is 7.77. The van der Waals surface area contributed by atoms with Crippen LogP contribution in [0.1, 0.15) is 31.4 Å². The van der Waals surface area contributed by atoms with E-state index in [-0.39, 0.29) is 24.7 Å². The molecule has 1 aromatic carbocycles. The van der Waals surface area contributed by atoms with Crippen molar-refractivity contribution in [3.05, 3.63) is 46.8 Å². The van der Waals surface area contributed by atoms with Gasteiger partial charge in [0.1, 0.15) is 11.9 Å². The number of rotatable bonds is 4. The number of halogens is 3. The molecule has 0 saturated carbocycles. The molecular weight excluding hydrogens is 353 g/mol. The Morgan fingerprint density at radius 1 is 1.44 bits per heavy atom. The quantitative estimate of drug-likeness (QED) is 0.799. The van der Waals surface area contributed by atoms with Crippen molar-refractivity contribution in [3.63, 3.8) is 0 Å². The van der Waals surface area contributed by atoms with Gasteiger partial charge in [0.05, 0.1) is 23.7 Å². The maximum absolute atomic E-state index is 12.9. The van der Waals surface area contributed by atoms with Gasteiger partial charge in [-0.1, -0.05) is 31.9 Å². The monoisotopic (exact) mass is 370 g/mol. The zero-order chi connectivity index (χ0) is 18.8. The number of carbonyl (C=O) groups is 1. The number of nitrogens with zero attached hydrogens (tertiary/aromatic N) is 3. The van der Waals surface area contributed by atoms with Gasteiger partial charge in [-0.2, -0.15) is 22.8 Å². The summed E-state index contributed by atoms with van der Waals surface area (Å²) in [5, 5.41) is 13.5. The second-order valence-corrected chi connectivity index (χ2v) is 5.94. The van der Waals surface area contributed by atoms with Gasteiger partial charge in [0.25, 0.3) is 0 Å². The first-order chi connectivity index (χ1) is 11.7. The normalized spacial score (nSPS) is 18.4. The minimum Gasteiger partial charge on any atom is -0.310 e. The molecule has 0 aromatic heterocycles. The molecule has 0 saturated heterocycles. The highest BCUT2D eigenvalue weighted by atomic mass is 32.1. The van der Waals surface area contributed by atoms with Gasteiger partial charge in [-0.15, -0.1) is 0 Å². The molecule has 1 amide bonds. The summed E-state index contributed by atoms with van der Waals surface area (Å²) in [6, 6.07) is 6.50. The number of hydrazine groups is 1. The van der Waals surface area contributed by atoms with Crippen molar-refractivity contribution < 1.29 is 18.0 Å². The fourth-order valence-electron chi connectivity index (χ4n) is 2.43. The lowest BCUT2D eigenvalue weighted by molar-refractivity contribution is -0.137. The van der Waals surface area contributed by atoms with Gasteiger partial charge >= 0.3 is 6.18 Å². The van der Waals surface area contributed by atoms with E-state index in [9.17, 15) is 23.2 Å². The molecule has 2 rings (SSSR count). The van der Waals surface area contributed by atoms with E-state index in [1.54, 1.807) is 19.9 Å². The summed E-state index contributed by atoms with van der Waals surface area (Å²) in [7, 11) is 0. The van der Waals surface area contributed by atoms with Crippen LogP contribution >= 0.6 is 12.8 Å². The smallest absolute Gasteiger partial charge is 0.310 e. The fraction of sp³-hybridized carbons (Fsp3) is 0.375. The first-order valence-corrected chi connectivity index (χ1v) is 7.94. The second kappa shape index (κ2) is 7.37. The van der Waals surface area contributed by atoms with Crippen molar-refractivity contribution in [1.29, 1.82) is 5.26 Å². The Balaban J connectivity index is 2.35. The van der Waals surface area contributed by atoms with Crippen molar-refractivity contribution in [1.82, 2.24) is 14.7 Å². The first kappa shape index (κ1) is 19.1. The summed E-state index contributed by atoms with van der Waals surface area (Å²) in [6.07, 6.45) is -4.23. The van der Waals surface area contributed by atoms with Crippen molar-refractivity contribution in [2.24, 2.45) is 0 Å². The van der Waals surface area contributed by atoms with E-state index in [4.69, 9.17) is 0 Å². The summed E-state index contributed by atoms with van der Waals surface area (Å²) in [5.41, 5.74) is -0.0844. The van der Waals surface area contributed by atoms with Crippen molar-refractivity contribution in [3.8, 4) is 6.07 Å². The van der Waals surface area contributed by atoms with Crippen LogP contribution in [-0.2, 0) is 17.5 Å². The van der Waals surface area contributed by atoms with Gasteiger partial charge in [-0.3, -0.25) is 9.80 Å². The molecule has 0 radical (unpaired) electrons. The first-order valence-electron chi connectivity index (χ1n) is 7.54. The number of carbonyl (C=O) groups excluding carboxylic acids is 1. The van der Waals surface area contributed by atoms with Crippen LogP contribution in [0.4, 0.5) is 13.2 Å². The van der Waals surface area contributed by atoms with Gasteiger partial charge < -0.3 is 5.32 Å². The Bertz CT molecular complexity index is 742. The lowest BCUT2D eigenvalue weighted by atomic mass is 10.1. The van der Waals surface area contributed by atoms with Gasteiger partial charge in [0.2, 0.25) is 5.91 Å². The number of thiol groups is 1. The Morgan fingerprint density at radius 2 is 2.12 bits per heavy atom. The number of benzene rings is 1. The van der Waals surface area contributed by atoms with E-state index >= 15 is 0 Å². The average Bonchev–Trinajstić information content (AvgIpc) is 2.78. The highest BCUT2D eigenvalue weighted by Gasteiger charge is 2.36. The molecule has 1 aliphatic heterocycles.